The molecule has 10 heteroatoms. The van der Waals surface area contributed by atoms with Crippen LogP contribution in [0.3, 0.4) is 0 Å². The Balaban J connectivity index is 1.66. The van der Waals surface area contributed by atoms with Crippen LogP contribution in [0.4, 0.5) is 17.1 Å². The van der Waals surface area contributed by atoms with Crippen molar-refractivity contribution in [1.82, 2.24) is 4.98 Å². The fourth-order valence-electron chi connectivity index (χ4n) is 4.16. The summed E-state index contributed by atoms with van der Waals surface area (Å²) in [6.07, 6.45) is 0. The Morgan fingerprint density at radius 2 is 1.71 bits per heavy atom. The fraction of sp³-hybridized carbons (Fsp3) is 0.0714. The summed E-state index contributed by atoms with van der Waals surface area (Å²) in [7, 11) is 3.13. The van der Waals surface area contributed by atoms with Crippen LogP contribution in [-0.4, -0.2) is 30.0 Å². The third kappa shape index (κ3) is 4.60. The fourth-order valence-corrected chi connectivity index (χ4v) is 5.18. The van der Waals surface area contributed by atoms with Crippen molar-refractivity contribution in [3.8, 4) is 33.9 Å². The summed E-state index contributed by atoms with van der Waals surface area (Å²) < 4.78 is 10.9. The molecule has 5 rings (SSSR count). The number of nitrogens with one attached hydrogen (secondary N) is 1. The van der Waals surface area contributed by atoms with Gasteiger partial charge in [0.1, 0.15) is 9.71 Å². The molecule has 3 N–H and O–H groups in total. The lowest BCUT2D eigenvalue weighted by atomic mass is 9.99. The number of carbonyl (C=O) groups excluding carboxylic acids is 1. The highest BCUT2D eigenvalue weighted by Crippen LogP contribution is 2.43. The predicted molar refractivity (Wildman–Crippen MR) is 149 cm³/mol. The van der Waals surface area contributed by atoms with E-state index in [2.05, 4.69) is 5.32 Å². The average molecular weight is 527 g/mol. The van der Waals surface area contributed by atoms with E-state index in [-0.39, 0.29) is 16.3 Å². The van der Waals surface area contributed by atoms with E-state index in [1.54, 1.807) is 26.4 Å². The van der Waals surface area contributed by atoms with Crippen LogP contribution < -0.4 is 20.5 Å². The standard InChI is InChI=1S/C28H22N4O5S/c1-36-22-12-11-17(13-23(22)37-2)20-15-21(16-7-4-3-5-8-16)31-28-24(20)25(29)26(38-28)27(33)30-18-9-6-10-19(14-18)32(34)35/h3-15H,29H2,1-2H3,(H,30,33). The molecule has 0 saturated heterocycles. The summed E-state index contributed by atoms with van der Waals surface area (Å²) in [6.45, 7) is 0. The number of hydrogen-bond acceptors (Lipinski definition) is 8. The van der Waals surface area contributed by atoms with Crippen LogP contribution in [-0.2, 0) is 0 Å². The van der Waals surface area contributed by atoms with E-state index in [0.717, 1.165) is 33.7 Å². The molecule has 0 spiro atoms. The summed E-state index contributed by atoms with van der Waals surface area (Å²) in [5, 5.41) is 14.5. The van der Waals surface area contributed by atoms with Crippen molar-refractivity contribution in [1.29, 1.82) is 0 Å². The first-order valence-corrected chi connectivity index (χ1v) is 12.3. The SMILES string of the molecule is COc1ccc(-c2cc(-c3ccccc3)nc3sc(C(=O)Nc4cccc([N+](=O)[O-])c4)c(N)c23)cc1OC. The van der Waals surface area contributed by atoms with Crippen molar-refractivity contribution < 1.29 is 19.2 Å². The second-order valence-electron chi connectivity index (χ2n) is 8.28. The first kappa shape index (κ1) is 24.7. The maximum atomic E-state index is 13.3. The van der Waals surface area contributed by atoms with Gasteiger partial charge in [0.05, 0.1) is 30.5 Å². The maximum Gasteiger partial charge on any atom is 0.271 e. The van der Waals surface area contributed by atoms with E-state index in [9.17, 15) is 14.9 Å². The Labute approximate surface area is 221 Å². The molecule has 3 aromatic carbocycles. The van der Waals surface area contributed by atoms with E-state index in [1.165, 1.54) is 18.2 Å². The molecule has 0 unspecified atom stereocenters. The monoisotopic (exact) mass is 526 g/mol. The minimum absolute atomic E-state index is 0.128. The van der Waals surface area contributed by atoms with Gasteiger partial charge in [0.15, 0.2) is 11.5 Å². The molecule has 0 aliphatic carbocycles. The summed E-state index contributed by atoms with van der Waals surface area (Å²) in [5.74, 6) is 0.652. The number of nitrogens with two attached hydrogens (primary N) is 1. The van der Waals surface area contributed by atoms with E-state index in [4.69, 9.17) is 20.2 Å². The predicted octanol–water partition coefficient (Wildman–Crippen LogP) is 6.39. The number of anilines is 2. The summed E-state index contributed by atoms with van der Waals surface area (Å²) in [6, 6.07) is 22.9. The first-order valence-electron chi connectivity index (χ1n) is 11.5. The summed E-state index contributed by atoms with van der Waals surface area (Å²) in [4.78, 5) is 29.5. The number of hydrogen-bond donors (Lipinski definition) is 2. The Morgan fingerprint density at radius 3 is 2.42 bits per heavy atom. The molecule has 190 valence electrons. The molecule has 0 radical (unpaired) electrons. The number of aromatic nitrogens is 1. The number of nitro benzene ring substituents is 1. The number of ether oxygens (including phenoxy) is 2. The average Bonchev–Trinajstić information content (AvgIpc) is 3.29. The minimum atomic E-state index is -0.520. The van der Waals surface area contributed by atoms with Crippen LogP contribution in [0.5, 0.6) is 11.5 Å². The van der Waals surface area contributed by atoms with Crippen molar-refractivity contribution in [2.75, 3.05) is 25.3 Å². The molecule has 9 nitrogen and oxygen atoms in total. The molecule has 38 heavy (non-hydrogen) atoms. The third-order valence-corrected chi connectivity index (χ3v) is 7.08. The van der Waals surface area contributed by atoms with E-state index in [0.29, 0.717) is 27.4 Å². The maximum absolute atomic E-state index is 13.3. The van der Waals surface area contributed by atoms with Gasteiger partial charge in [-0.05, 0) is 35.4 Å². The molecule has 0 atom stereocenters. The number of nitrogens with zero attached hydrogens (tertiary/aromatic N) is 2. The lowest BCUT2D eigenvalue weighted by Crippen LogP contribution is -2.12. The van der Waals surface area contributed by atoms with Crippen LogP contribution in [0, 0.1) is 10.1 Å². The normalized spacial score (nSPS) is 10.8. The number of nitro groups is 1. The van der Waals surface area contributed by atoms with E-state index >= 15 is 0 Å². The van der Waals surface area contributed by atoms with Crippen LogP contribution in [0.25, 0.3) is 32.6 Å². The molecule has 0 aliphatic rings. The van der Waals surface area contributed by atoms with Gasteiger partial charge in [-0.1, -0.05) is 42.5 Å². The molecule has 1 amide bonds. The molecule has 0 saturated carbocycles. The quantitative estimate of drug-likeness (QED) is 0.186. The largest absolute Gasteiger partial charge is 0.493 e. The van der Waals surface area contributed by atoms with Gasteiger partial charge in [-0.15, -0.1) is 11.3 Å². The zero-order valence-corrected chi connectivity index (χ0v) is 21.2. The highest BCUT2D eigenvalue weighted by molar-refractivity contribution is 7.21. The highest BCUT2D eigenvalue weighted by Gasteiger charge is 2.23. The van der Waals surface area contributed by atoms with E-state index in [1.807, 2.05) is 48.5 Å². The van der Waals surface area contributed by atoms with Crippen LogP contribution in [0.1, 0.15) is 9.67 Å². The molecule has 2 heterocycles. The van der Waals surface area contributed by atoms with E-state index < -0.39 is 10.8 Å². The van der Waals surface area contributed by atoms with Gasteiger partial charge in [-0.2, -0.15) is 0 Å². The van der Waals surface area contributed by atoms with Gasteiger partial charge < -0.3 is 20.5 Å². The number of amides is 1. The van der Waals surface area contributed by atoms with Gasteiger partial charge in [0.2, 0.25) is 0 Å². The van der Waals surface area contributed by atoms with Crippen LogP contribution in [0.2, 0.25) is 0 Å². The number of rotatable bonds is 7. The number of benzene rings is 3. The van der Waals surface area contributed by atoms with Crippen LogP contribution in [0.15, 0.2) is 78.9 Å². The zero-order valence-electron chi connectivity index (χ0n) is 20.4. The Kier molecular flexibility index (Phi) is 6.63. The zero-order chi connectivity index (χ0) is 26.8. The number of pyridine rings is 1. The first-order chi connectivity index (χ1) is 18.4. The van der Waals surface area contributed by atoms with Gasteiger partial charge in [-0.25, -0.2) is 4.98 Å². The molecular weight excluding hydrogens is 504 g/mol. The number of nitrogen functional groups attached to an aromatic ring is 1. The van der Waals surface area contributed by atoms with Crippen LogP contribution >= 0.6 is 11.3 Å². The number of carbonyl (C=O) groups is 1. The van der Waals surface area contributed by atoms with Crippen molar-refractivity contribution in [2.24, 2.45) is 0 Å². The molecule has 0 bridgehead atoms. The highest BCUT2D eigenvalue weighted by atomic mass is 32.1. The topological polar surface area (TPSA) is 130 Å². The lowest BCUT2D eigenvalue weighted by Gasteiger charge is -2.12. The number of fused-ring (bicyclic) bond motifs is 1. The Bertz CT molecular complexity index is 1680. The van der Waals surface area contributed by atoms with Gasteiger partial charge in [-0.3, -0.25) is 14.9 Å². The number of thiophene rings is 1. The van der Waals surface area contributed by atoms with Crippen molar-refractivity contribution in [3.63, 3.8) is 0 Å². The third-order valence-electron chi connectivity index (χ3n) is 5.98. The molecule has 0 aliphatic heterocycles. The molecule has 0 fully saturated rings. The van der Waals surface area contributed by atoms with Gasteiger partial charge >= 0.3 is 0 Å². The van der Waals surface area contributed by atoms with Crippen molar-refractivity contribution >= 4 is 44.5 Å². The number of methoxy groups -OCH3 is 2. The molecular formula is C28H22N4O5S. The Hall–Kier alpha value is -4.96. The lowest BCUT2D eigenvalue weighted by molar-refractivity contribution is -0.384. The second-order valence-corrected chi connectivity index (χ2v) is 9.28. The second kappa shape index (κ2) is 10.2. The van der Waals surface area contributed by atoms with Gasteiger partial charge in [0, 0.05) is 28.8 Å². The minimum Gasteiger partial charge on any atom is -0.493 e. The smallest absolute Gasteiger partial charge is 0.271 e. The Morgan fingerprint density at radius 1 is 0.947 bits per heavy atom. The van der Waals surface area contributed by atoms with Crippen molar-refractivity contribution in [2.45, 2.75) is 0 Å². The van der Waals surface area contributed by atoms with Gasteiger partial charge in [0.25, 0.3) is 11.6 Å². The van der Waals surface area contributed by atoms with Crippen molar-refractivity contribution in [3.05, 3.63) is 93.9 Å². The summed E-state index contributed by atoms with van der Waals surface area (Å²) >= 11 is 1.16. The number of non-ortho nitro benzene ring substituents is 1. The molecule has 2 aromatic heterocycles. The molecule has 5 aromatic rings. The summed E-state index contributed by atoms with van der Waals surface area (Å²) in [5.41, 5.74) is 10.2.